The van der Waals surface area contributed by atoms with Crippen molar-refractivity contribution in [3.63, 3.8) is 0 Å². The van der Waals surface area contributed by atoms with Gasteiger partial charge in [0.25, 0.3) is 5.91 Å². The fourth-order valence-corrected chi connectivity index (χ4v) is 3.42. The summed E-state index contributed by atoms with van der Waals surface area (Å²) in [5.74, 6) is -0.0557. The Morgan fingerprint density at radius 1 is 1.04 bits per heavy atom. The van der Waals surface area contributed by atoms with E-state index in [1.165, 1.54) is 12.8 Å². The Morgan fingerprint density at radius 3 is 2.42 bits per heavy atom. The molecule has 1 heterocycles. The van der Waals surface area contributed by atoms with Gasteiger partial charge in [0.2, 0.25) is 0 Å². The van der Waals surface area contributed by atoms with Crippen LogP contribution in [0.2, 0.25) is 10.0 Å². The lowest BCUT2D eigenvalue weighted by molar-refractivity contribution is 0.0938. The zero-order valence-corrected chi connectivity index (χ0v) is 14.9. The van der Waals surface area contributed by atoms with E-state index in [1.807, 2.05) is 48.5 Å². The summed E-state index contributed by atoms with van der Waals surface area (Å²) in [5, 5.41) is 4.15. The molecule has 0 aliphatic carbocycles. The molecule has 1 atom stereocenters. The molecule has 3 rings (SSSR count). The molecule has 0 spiro atoms. The van der Waals surface area contributed by atoms with Crippen molar-refractivity contribution in [1.82, 2.24) is 10.2 Å². The maximum absolute atomic E-state index is 12.3. The van der Waals surface area contributed by atoms with Crippen LogP contribution < -0.4 is 5.32 Å². The summed E-state index contributed by atoms with van der Waals surface area (Å²) in [6, 6.07) is 15.1. The highest BCUT2D eigenvalue weighted by Gasteiger charge is 2.24. The molecule has 1 N–H and O–H groups in total. The Morgan fingerprint density at radius 2 is 1.75 bits per heavy atom. The van der Waals surface area contributed by atoms with Crippen molar-refractivity contribution in [2.45, 2.75) is 18.9 Å². The molecular formula is C19H20Cl2N2O. The van der Waals surface area contributed by atoms with E-state index in [2.05, 4.69) is 10.2 Å². The highest BCUT2D eigenvalue weighted by Crippen LogP contribution is 2.30. The lowest BCUT2D eigenvalue weighted by Crippen LogP contribution is -2.36. The Kier molecular flexibility index (Phi) is 5.77. The maximum atomic E-state index is 12.3. The van der Waals surface area contributed by atoms with Gasteiger partial charge in [0.1, 0.15) is 0 Å². The predicted molar refractivity (Wildman–Crippen MR) is 98.8 cm³/mol. The molecule has 1 fully saturated rings. The Balaban J connectivity index is 1.75. The van der Waals surface area contributed by atoms with Gasteiger partial charge in [-0.1, -0.05) is 47.5 Å². The van der Waals surface area contributed by atoms with E-state index >= 15 is 0 Å². The van der Waals surface area contributed by atoms with E-state index in [0.717, 1.165) is 18.7 Å². The maximum Gasteiger partial charge on any atom is 0.251 e. The number of amides is 1. The number of rotatable bonds is 5. The third kappa shape index (κ3) is 4.10. The number of nitrogens with one attached hydrogen (secondary N) is 1. The van der Waals surface area contributed by atoms with E-state index in [-0.39, 0.29) is 11.9 Å². The highest BCUT2D eigenvalue weighted by atomic mass is 35.5. The first-order valence-electron chi connectivity index (χ1n) is 8.17. The second-order valence-corrected chi connectivity index (χ2v) is 6.82. The number of nitrogens with zero attached hydrogens (tertiary/aromatic N) is 1. The molecular weight excluding hydrogens is 343 g/mol. The van der Waals surface area contributed by atoms with Crippen molar-refractivity contribution in [2.75, 3.05) is 19.6 Å². The smallest absolute Gasteiger partial charge is 0.251 e. The molecule has 1 aliphatic heterocycles. The molecule has 0 saturated carbocycles. The quantitative estimate of drug-likeness (QED) is 0.845. The van der Waals surface area contributed by atoms with Gasteiger partial charge >= 0.3 is 0 Å². The second kappa shape index (κ2) is 8.02. The number of halogens is 2. The second-order valence-electron chi connectivity index (χ2n) is 6.01. The molecule has 2 aromatic rings. The molecule has 3 nitrogen and oxygen atoms in total. The predicted octanol–water partition coefficient (Wildman–Crippen LogP) is 4.56. The molecule has 1 amide bonds. The topological polar surface area (TPSA) is 32.3 Å². The van der Waals surface area contributed by atoms with Crippen molar-refractivity contribution >= 4 is 29.1 Å². The van der Waals surface area contributed by atoms with Gasteiger partial charge in [-0.15, -0.1) is 0 Å². The minimum absolute atomic E-state index is 0.0557. The zero-order chi connectivity index (χ0) is 16.9. The van der Waals surface area contributed by atoms with Crippen molar-refractivity contribution in [2.24, 2.45) is 0 Å². The molecule has 0 bridgehead atoms. The first-order chi connectivity index (χ1) is 11.6. The monoisotopic (exact) mass is 362 g/mol. The number of carbonyl (C=O) groups excluding carboxylic acids is 1. The van der Waals surface area contributed by atoms with Crippen LogP contribution >= 0.6 is 23.2 Å². The van der Waals surface area contributed by atoms with E-state index in [4.69, 9.17) is 23.2 Å². The molecule has 126 valence electrons. The third-order valence-electron chi connectivity index (χ3n) is 4.40. The number of benzene rings is 2. The van der Waals surface area contributed by atoms with Crippen LogP contribution in [0.3, 0.4) is 0 Å². The van der Waals surface area contributed by atoms with Crippen molar-refractivity contribution in [3.05, 3.63) is 69.7 Å². The number of hydrogen-bond donors (Lipinski definition) is 1. The van der Waals surface area contributed by atoms with Gasteiger partial charge in [-0.2, -0.15) is 0 Å². The van der Waals surface area contributed by atoms with Gasteiger partial charge in [0.05, 0.1) is 16.1 Å². The zero-order valence-electron chi connectivity index (χ0n) is 13.3. The number of hydrogen-bond acceptors (Lipinski definition) is 2. The third-order valence-corrected chi connectivity index (χ3v) is 5.14. The summed E-state index contributed by atoms with van der Waals surface area (Å²) in [4.78, 5) is 14.7. The van der Waals surface area contributed by atoms with Crippen LogP contribution in [-0.4, -0.2) is 30.4 Å². The van der Waals surface area contributed by atoms with Crippen LogP contribution in [0, 0.1) is 0 Å². The summed E-state index contributed by atoms with van der Waals surface area (Å²) in [6.07, 6.45) is 2.37. The highest BCUT2D eigenvalue weighted by molar-refractivity contribution is 6.42. The molecule has 5 heteroatoms. The first-order valence-corrected chi connectivity index (χ1v) is 8.93. The fourth-order valence-electron chi connectivity index (χ4n) is 3.11. The Hall–Kier alpha value is -1.55. The molecule has 24 heavy (non-hydrogen) atoms. The van der Waals surface area contributed by atoms with Crippen LogP contribution in [0.1, 0.15) is 34.8 Å². The normalized spacial score (nSPS) is 16.1. The minimum atomic E-state index is -0.0557. The van der Waals surface area contributed by atoms with Crippen molar-refractivity contribution < 1.29 is 4.79 Å². The average molecular weight is 363 g/mol. The molecule has 0 aromatic heterocycles. The van der Waals surface area contributed by atoms with Gasteiger partial charge < -0.3 is 5.32 Å². The summed E-state index contributed by atoms with van der Waals surface area (Å²) in [5.41, 5.74) is 1.76. The molecule has 1 saturated heterocycles. The summed E-state index contributed by atoms with van der Waals surface area (Å²) in [7, 11) is 0. The molecule has 0 radical (unpaired) electrons. The van der Waals surface area contributed by atoms with E-state index in [9.17, 15) is 4.79 Å². The van der Waals surface area contributed by atoms with Gasteiger partial charge in [0.15, 0.2) is 0 Å². The number of carbonyl (C=O) groups is 1. The summed E-state index contributed by atoms with van der Waals surface area (Å²) >= 11 is 12.2. The molecule has 2 aromatic carbocycles. The first kappa shape index (κ1) is 17.3. The van der Waals surface area contributed by atoms with E-state index in [0.29, 0.717) is 22.2 Å². The average Bonchev–Trinajstić information content (AvgIpc) is 3.13. The van der Waals surface area contributed by atoms with Crippen LogP contribution in [0.25, 0.3) is 0 Å². The van der Waals surface area contributed by atoms with Crippen LogP contribution in [-0.2, 0) is 0 Å². The van der Waals surface area contributed by atoms with Crippen LogP contribution in [0.15, 0.2) is 48.5 Å². The van der Waals surface area contributed by atoms with E-state index < -0.39 is 0 Å². The summed E-state index contributed by atoms with van der Waals surface area (Å²) in [6.45, 7) is 2.62. The largest absolute Gasteiger partial charge is 0.350 e. The van der Waals surface area contributed by atoms with Gasteiger partial charge in [0, 0.05) is 12.1 Å². The van der Waals surface area contributed by atoms with Gasteiger partial charge in [-0.05, 0) is 55.8 Å². The SMILES string of the molecule is O=C(NCC(c1ccc(Cl)c(Cl)c1)N1CCCC1)c1ccccc1. The lowest BCUT2D eigenvalue weighted by atomic mass is 10.1. The summed E-state index contributed by atoms with van der Waals surface area (Å²) < 4.78 is 0. The van der Waals surface area contributed by atoms with Crippen LogP contribution in [0.5, 0.6) is 0 Å². The molecule has 1 unspecified atom stereocenters. The van der Waals surface area contributed by atoms with Gasteiger partial charge in [-0.3, -0.25) is 9.69 Å². The van der Waals surface area contributed by atoms with Crippen molar-refractivity contribution in [1.29, 1.82) is 0 Å². The van der Waals surface area contributed by atoms with Crippen molar-refractivity contribution in [3.8, 4) is 0 Å². The van der Waals surface area contributed by atoms with E-state index in [1.54, 1.807) is 0 Å². The minimum Gasteiger partial charge on any atom is -0.350 e. The lowest BCUT2D eigenvalue weighted by Gasteiger charge is -2.28. The number of likely N-dealkylation sites (tertiary alicyclic amines) is 1. The Labute approximate surface area is 152 Å². The Bertz CT molecular complexity index is 700. The fraction of sp³-hybridized carbons (Fsp3) is 0.316. The van der Waals surface area contributed by atoms with Crippen LogP contribution in [0.4, 0.5) is 0 Å². The standard InChI is InChI=1S/C19H20Cl2N2O/c20-16-9-8-15(12-17(16)21)18(23-10-4-5-11-23)13-22-19(24)14-6-2-1-3-7-14/h1-3,6-9,12,18H,4-5,10-11,13H2,(H,22,24). The van der Waals surface area contributed by atoms with Gasteiger partial charge in [-0.25, -0.2) is 0 Å². The molecule has 1 aliphatic rings.